The molecular formula is C46H22F12N4. The summed E-state index contributed by atoms with van der Waals surface area (Å²) in [4.78, 5) is 4.53. The maximum Gasteiger partial charge on any atom is 0.416 e. The van der Waals surface area contributed by atoms with Gasteiger partial charge in [0.25, 0.3) is 0 Å². The summed E-state index contributed by atoms with van der Waals surface area (Å²) in [5, 5.41) is 11.3. The molecule has 0 bridgehead atoms. The van der Waals surface area contributed by atoms with Gasteiger partial charge in [-0.05, 0) is 72.3 Å². The molecule has 0 fully saturated rings. The van der Waals surface area contributed by atoms with E-state index in [4.69, 9.17) is 0 Å². The minimum Gasteiger partial charge on any atom is -0.308 e. The second-order valence-electron chi connectivity index (χ2n) is 14.4. The van der Waals surface area contributed by atoms with Gasteiger partial charge in [0.2, 0.25) is 0 Å². The quantitative estimate of drug-likeness (QED) is 0.166. The molecule has 62 heavy (non-hydrogen) atoms. The maximum atomic E-state index is 14.4. The van der Waals surface area contributed by atoms with Crippen molar-refractivity contribution in [1.29, 1.82) is 5.26 Å². The Bertz CT molecular complexity index is 2990. The lowest BCUT2D eigenvalue weighted by molar-refractivity contribution is -0.138. The first-order valence-corrected chi connectivity index (χ1v) is 18.3. The molecule has 0 aliphatic carbocycles. The summed E-state index contributed by atoms with van der Waals surface area (Å²) in [6, 6.07) is 26.3. The molecule has 3 aromatic heterocycles. The van der Waals surface area contributed by atoms with Crippen LogP contribution in [0.4, 0.5) is 52.7 Å². The van der Waals surface area contributed by atoms with Crippen LogP contribution in [0.2, 0.25) is 0 Å². The van der Waals surface area contributed by atoms with Gasteiger partial charge in [-0.3, -0.25) is 4.98 Å². The second-order valence-corrected chi connectivity index (χ2v) is 14.4. The highest BCUT2D eigenvalue weighted by molar-refractivity contribution is 6.12. The van der Waals surface area contributed by atoms with Crippen molar-refractivity contribution in [2.75, 3.05) is 0 Å². The lowest BCUT2D eigenvalue weighted by Gasteiger charge is -2.20. The summed E-state index contributed by atoms with van der Waals surface area (Å²) in [7, 11) is 0. The summed E-state index contributed by atoms with van der Waals surface area (Å²) in [6.07, 6.45) is -18.4. The SMILES string of the molecule is N#Cc1c(-n2c3cc(C(F)(F)F)ccc3c3ccc(C(F)(F)F)cc32)cc(-c2cccnc2-c2ccccc2)cc1-n1c2cc(C(F)(F)F)ccc2c2ccc(C(F)(F)F)cc21. The number of benzene rings is 6. The van der Waals surface area contributed by atoms with Gasteiger partial charge < -0.3 is 9.13 Å². The van der Waals surface area contributed by atoms with Crippen molar-refractivity contribution in [3.8, 4) is 39.8 Å². The highest BCUT2D eigenvalue weighted by Crippen LogP contribution is 2.45. The van der Waals surface area contributed by atoms with Gasteiger partial charge in [-0.1, -0.05) is 60.7 Å². The zero-order chi connectivity index (χ0) is 44.1. The number of hydrogen-bond donors (Lipinski definition) is 0. The Hall–Kier alpha value is -7.28. The van der Waals surface area contributed by atoms with E-state index in [1.54, 1.807) is 36.4 Å². The van der Waals surface area contributed by atoms with E-state index in [-0.39, 0.29) is 66.1 Å². The van der Waals surface area contributed by atoms with Crippen molar-refractivity contribution < 1.29 is 52.7 Å². The van der Waals surface area contributed by atoms with Crippen LogP contribution in [0.3, 0.4) is 0 Å². The normalized spacial score (nSPS) is 12.8. The van der Waals surface area contributed by atoms with Gasteiger partial charge in [-0.15, -0.1) is 0 Å². The van der Waals surface area contributed by atoms with Crippen LogP contribution in [0.5, 0.6) is 0 Å². The number of fused-ring (bicyclic) bond motifs is 6. The molecule has 4 nitrogen and oxygen atoms in total. The van der Waals surface area contributed by atoms with Crippen LogP contribution in [-0.4, -0.2) is 14.1 Å². The average molecular weight is 859 g/mol. The summed E-state index contributed by atoms with van der Waals surface area (Å²) >= 11 is 0. The smallest absolute Gasteiger partial charge is 0.308 e. The van der Waals surface area contributed by atoms with E-state index in [1.165, 1.54) is 24.4 Å². The molecule has 0 atom stereocenters. The summed E-state index contributed by atoms with van der Waals surface area (Å²) in [6.45, 7) is 0. The Kier molecular flexibility index (Phi) is 8.99. The van der Waals surface area contributed by atoms with E-state index in [1.807, 2.05) is 6.07 Å². The Balaban J connectivity index is 1.51. The fourth-order valence-corrected chi connectivity index (χ4v) is 7.96. The van der Waals surface area contributed by atoms with Crippen LogP contribution in [0.15, 0.2) is 134 Å². The summed E-state index contributed by atoms with van der Waals surface area (Å²) in [5.41, 5.74) is -5.94. The van der Waals surface area contributed by atoms with E-state index in [0.29, 0.717) is 35.5 Å². The molecule has 0 aliphatic heterocycles. The second kappa shape index (κ2) is 13.9. The number of hydrogen-bond acceptors (Lipinski definition) is 2. The fraction of sp³-hybridized carbons (Fsp3) is 0.0870. The van der Waals surface area contributed by atoms with Crippen LogP contribution in [0, 0.1) is 11.3 Å². The van der Waals surface area contributed by atoms with Crippen molar-refractivity contribution in [3.05, 3.63) is 161 Å². The van der Waals surface area contributed by atoms with Gasteiger partial charge in [0, 0.05) is 38.9 Å². The maximum absolute atomic E-state index is 14.4. The van der Waals surface area contributed by atoms with Crippen LogP contribution in [0.1, 0.15) is 27.8 Å². The molecule has 0 saturated carbocycles. The molecule has 0 spiro atoms. The van der Waals surface area contributed by atoms with E-state index in [9.17, 15) is 57.9 Å². The number of nitrogens with zero attached hydrogens (tertiary/aromatic N) is 4. The van der Waals surface area contributed by atoms with Crippen LogP contribution >= 0.6 is 0 Å². The highest BCUT2D eigenvalue weighted by atomic mass is 19.4. The van der Waals surface area contributed by atoms with Crippen molar-refractivity contribution >= 4 is 43.6 Å². The van der Waals surface area contributed by atoms with Crippen LogP contribution in [0.25, 0.3) is 77.4 Å². The monoisotopic (exact) mass is 858 g/mol. The molecule has 0 saturated heterocycles. The molecule has 16 heteroatoms. The molecule has 0 radical (unpaired) electrons. The molecule has 310 valence electrons. The Morgan fingerprint density at radius 3 is 1.13 bits per heavy atom. The van der Waals surface area contributed by atoms with Gasteiger partial charge >= 0.3 is 24.7 Å². The molecule has 0 amide bonds. The number of rotatable bonds is 4. The summed E-state index contributed by atoms with van der Waals surface area (Å²) in [5.74, 6) is 0. The number of aromatic nitrogens is 3. The van der Waals surface area contributed by atoms with Gasteiger partial charge in [0.1, 0.15) is 11.6 Å². The summed E-state index contributed by atoms with van der Waals surface area (Å²) < 4.78 is 174. The lowest BCUT2D eigenvalue weighted by atomic mass is 9.96. The van der Waals surface area contributed by atoms with Crippen LogP contribution in [-0.2, 0) is 24.7 Å². The number of alkyl halides is 12. The molecule has 9 rings (SSSR count). The fourth-order valence-electron chi connectivity index (χ4n) is 7.96. The number of nitriles is 1. The molecular weight excluding hydrogens is 837 g/mol. The van der Waals surface area contributed by atoms with E-state index in [2.05, 4.69) is 4.98 Å². The molecule has 0 unspecified atom stereocenters. The minimum atomic E-state index is -4.95. The largest absolute Gasteiger partial charge is 0.416 e. The lowest BCUT2D eigenvalue weighted by Crippen LogP contribution is -2.09. The van der Waals surface area contributed by atoms with E-state index < -0.39 is 52.5 Å². The zero-order valence-corrected chi connectivity index (χ0v) is 31.0. The standard InChI is InChI=1S/C46H22F12N4/c47-43(48,49)26-8-12-31-32-13-9-27(44(50,51)52)20-39(32)61(38(31)19-26)36-17-25(30-7-4-16-60-42(30)24-5-2-1-3-6-24)18-37(35(36)23-59)62-40-21-28(45(53,54)55)10-14-33(40)34-15-11-29(22-41(34)62)46(56,57)58/h1-22H. The van der Waals surface area contributed by atoms with Crippen molar-refractivity contribution in [2.45, 2.75) is 24.7 Å². The Morgan fingerprint density at radius 1 is 0.419 bits per heavy atom. The first kappa shape index (κ1) is 40.1. The van der Waals surface area contributed by atoms with Gasteiger partial charge in [0.15, 0.2) is 0 Å². The molecule has 0 aliphatic rings. The first-order chi connectivity index (χ1) is 29.2. The van der Waals surface area contributed by atoms with Crippen molar-refractivity contribution in [2.24, 2.45) is 0 Å². The van der Waals surface area contributed by atoms with Gasteiger partial charge in [-0.2, -0.15) is 57.9 Å². The molecule has 3 heterocycles. The third-order valence-corrected chi connectivity index (χ3v) is 10.7. The Morgan fingerprint density at radius 2 is 0.790 bits per heavy atom. The predicted molar refractivity (Wildman–Crippen MR) is 209 cm³/mol. The third kappa shape index (κ3) is 6.64. The van der Waals surface area contributed by atoms with Gasteiger partial charge in [-0.25, -0.2) is 0 Å². The predicted octanol–water partition coefficient (Wildman–Crippen LogP) is 14.6. The van der Waals surface area contributed by atoms with Gasteiger partial charge in [0.05, 0.1) is 61.4 Å². The van der Waals surface area contributed by atoms with Crippen molar-refractivity contribution in [3.63, 3.8) is 0 Å². The topological polar surface area (TPSA) is 46.5 Å². The average Bonchev–Trinajstić information content (AvgIpc) is 3.73. The third-order valence-electron chi connectivity index (χ3n) is 10.7. The molecule has 6 aromatic carbocycles. The highest BCUT2D eigenvalue weighted by Gasteiger charge is 2.36. The van der Waals surface area contributed by atoms with E-state index >= 15 is 0 Å². The Labute approximate surface area is 341 Å². The number of halogens is 12. The van der Waals surface area contributed by atoms with Crippen molar-refractivity contribution in [1.82, 2.24) is 14.1 Å². The number of pyridine rings is 1. The molecule has 9 aromatic rings. The zero-order valence-electron chi connectivity index (χ0n) is 31.0. The van der Waals surface area contributed by atoms with E-state index in [0.717, 1.165) is 57.7 Å². The molecule has 0 N–H and O–H groups in total. The first-order valence-electron chi connectivity index (χ1n) is 18.3. The minimum absolute atomic E-state index is 0.0467. The van der Waals surface area contributed by atoms with Crippen LogP contribution < -0.4 is 0 Å².